The lowest BCUT2D eigenvalue weighted by molar-refractivity contribution is -0.144. The minimum atomic E-state index is -0.393. The number of carbonyl (C=O) groups excluding carboxylic acids is 2. The molecular weight excluding hydrogens is 168 g/mol. The summed E-state index contributed by atoms with van der Waals surface area (Å²) in [5, 5.41) is 0. The fraction of sp³-hybridized carbons (Fsp3) is 0.600. The highest BCUT2D eigenvalue weighted by atomic mass is 16.5. The minimum absolute atomic E-state index is 0.109. The van der Waals surface area contributed by atoms with Gasteiger partial charge in [0.2, 0.25) is 0 Å². The van der Waals surface area contributed by atoms with E-state index in [4.69, 9.17) is 4.74 Å². The molecule has 0 fully saturated rings. The summed E-state index contributed by atoms with van der Waals surface area (Å²) in [6, 6.07) is 0. The molecule has 0 aromatic carbocycles. The Bertz CT molecular complexity index is 218. The molecule has 0 bridgehead atoms. The monoisotopic (exact) mass is 184 g/mol. The SMILES string of the molecule is C=C(C)C(=O)OC(C)CCC(C)=O. The maximum absolute atomic E-state index is 11.0. The van der Waals surface area contributed by atoms with Crippen molar-refractivity contribution in [1.29, 1.82) is 0 Å². The number of carbonyl (C=O) groups is 2. The summed E-state index contributed by atoms with van der Waals surface area (Å²) in [5.41, 5.74) is 0.384. The molecule has 74 valence electrons. The Hall–Kier alpha value is -1.12. The molecule has 0 amide bonds. The van der Waals surface area contributed by atoms with Crippen molar-refractivity contribution in [1.82, 2.24) is 0 Å². The van der Waals surface area contributed by atoms with Crippen LogP contribution in [-0.2, 0) is 14.3 Å². The highest BCUT2D eigenvalue weighted by Crippen LogP contribution is 2.04. The van der Waals surface area contributed by atoms with Gasteiger partial charge >= 0.3 is 5.97 Å². The van der Waals surface area contributed by atoms with Crippen LogP contribution in [0.2, 0.25) is 0 Å². The summed E-state index contributed by atoms with van der Waals surface area (Å²) < 4.78 is 4.97. The first kappa shape index (κ1) is 11.9. The van der Waals surface area contributed by atoms with E-state index in [1.54, 1.807) is 13.8 Å². The van der Waals surface area contributed by atoms with Crippen LogP contribution in [-0.4, -0.2) is 17.9 Å². The molecule has 13 heavy (non-hydrogen) atoms. The van der Waals surface area contributed by atoms with Gasteiger partial charge in [-0.05, 0) is 27.2 Å². The van der Waals surface area contributed by atoms with Crippen molar-refractivity contribution in [3.05, 3.63) is 12.2 Å². The van der Waals surface area contributed by atoms with Gasteiger partial charge in [-0.15, -0.1) is 0 Å². The summed E-state index contributed by atoms with van der Waals surface area (Å²) in [7, 11) is 0. The molecule has 1 atom stereocenters. The molecule has 0 spiro atoms. The fourth-order valence-corrected chi connectivity index (χ4v) is 0.749. The smallest absolute Gasteiger partial charge is 0.333 e. The Labute approximate surface area is 78.8 Å². The van der Waals surface area contributed by atoms with E-state index in [9.17, 15) is 9.59 Å². The predicted octanol–water partition coefficient (Wildman–Crippen LogP) is 1.86. The lowest BCUT2D eigenvalue weighted by Crippen LogP contribution is -2.16. The summed E-state index contributed by atoms with van der Waals surface area (Å²) >= 11 is 0. The van der Waals surface area contributed by atoms with Crippen LogP contribution in [0.1, 0.15) is 33.6 Å². The van der Waals surface area contributed by atoms with E-state index in [0.29, 0.717) is 18.4 Å². The fourth-order valence-electron chi connectivity index (χ4n) is 0.749. The molecule has 3 nitrogen and oxygen atoms in total. The first-order valence-corrected chi connectivity index (χ1v) is 4.29. The standard InChI is InChI=1S/C10H16O3/c1-7(2)10(12)13-9(4)6-5-8(3)11/h9H,1,5-6H2,2-4H3. The number of hydrogen-bond donors (Lipinski definition) is 0. The Morgan fingerprint density at radius 1 is 1.38 bits per heavy atom. The molecule has 0 saturated heterocycles. The van der Waals surface area contributed by atoms with Gasteiger partial charge in [0.05, 0.1) is 6.10 Å². The maximum atomic E-state index is 11.0. The van der Waals surface area contributed by atoms with Crippen molar-refractivity contribution < 1.29 is 14.3 Å². The highest BCUT2D eigenvalue weighted by Gasteiger charge is 2.10. The van der Waals surface area contributed by atoms with E-state index < -0.39 is 5.97 Å². The van der Waals surface area contributed by atoms with Crippen molar-refractivity contribution in [2.75, 3.05) is 0 Å². The first-order chi connectivity index (χ1) is 5.93. The lowest BCUT2D eigenvalue weighted by Gasteiger charge is -2.11. The number of ether oxygens (including phenoxy) is 1. The molecular formula is C10H16O3. The van der Waals surface area contributed by atoms with Crippen LogP contribution in [0.15, 0.2) is 12.2 Å². The molecule has 0 rings (SSSR count). The summed E-state index contributed by atoms with van der Waals surface area (Å²) in [4.78, 5) is 21.6. The van der Waals surface area contributed by atoms with Gasteiger partial charge in [0.1, 0.15) is 5.78 Å². The normalized spacial score (nSPS) is 11.9. The number of Topliss-reactive ketones (excluding diaryl/α,β-unsaturated/α-hetero) is 1. The number of hydrogen-bond acceptors (Lipinski definition) is 3. The molecule has 0 aromatic rings. The van der Waals surface area contributed by atoms with E-state index in [2.05, 4.69) is 6.58 Å². The molecule has 1 unspecified atom stereocenters. The summed E-state index contributed by atoms with van der Waals surface area (Å²) in [5.74, 6) is -0.283. The maximum Gasteiger partial charge on any atom is 0.333 e. The van der Waals surface area contributed by atoms with Gasteiger partial charge in [-0.3, -0.25) is 0 Å². The van der Waals surface area contributed by atoms with E-state index in [-0.39, 0.29) is 11.9 Å². The highest BCUT2D eigenvalue weighted by molar-refractivity contribution is 5.87. The second kappa shape index (κ2) is 5.51. The zero-order valence-electron chi connectivity index (χ0n) is 8.42. The summed E-state index contributed by atoms with van der Waals surface area (Å²) in [6.45, 7) is 8.35. The van der Waals surface area contributed by atoms with Crippen molar-refractivity contribution in [2.24, 2.45) is 0 Å². The van der Waals surface area contributed by atoms with Crippen LogP contribution in [0.3, 0.4) is 0 Å². The van der Waals surface area contributed by atoms with Gasteiger partial charge in [-0.25, -0.2) is 4.79 Å². The van der Waals surface area contributed by atoms with E-state index >= 15 is 0 Å². The van der Waals surface area contributed by atoms with Crippen molar-refractivity contribution in [3.8, 4) is 0 Å². The van der Waals surface area contributed by atoms with Gasteiger partial charge < -0.3 is 9.53 Å². The van der Waals surface area contributed by atoms with Crippen LogP contribution < -0.4 is 0 Å². The van der Waals surface area contributed by atoms with Crippen molar-refractivity contribution >= 4 is 11.8 Å². The minimum Gasteiger partial charge on any atom is -0.459 e. The Morgan fingerprint density at radius 3 is 2.31 bits per heavy atom. The van der Waals surface area contributed by atoms with Gasteiger partial charge in [0.25, 0.3) is 0 Å². The Kier molecular flexibility index (Phi) is 5.04. The zero-order valence-corrected chi connectivity index (χ0v) is 8.42. The Morgan fingerprint density at radius 2 is 1.92 bits per heavy atom. The van der Waals surface area contributed by atoms with Crippen LogP contribution in [0.25, 0.3) is 0 Å². The summed E-state index contributed by atoms with van der Waals surface area (Å²) in [6.07, 6.45) is 0.812. The van der Waals surface area contributed by atoms with E-state index in [1.807, 2.05) is 0 Å². The zero-order chi connectivity index (χ0) is 10.4. The molecule has 0 aliphatic rings. The van der Waals surface area contributed by atoms with Crippen LogP contribution in [0.5, 0.6) is 0 Å². The van der Waals surface area contributed by atoms with Gasteiger partial charge in [0.15, 0.2) is 0 Å². The van der Waals surface area contributed by atoms with Crippen LogP contribution >= 0.6 is 0 Å². The second-order valence-electron chi connectivity index (χ2n) is 3.24. The molecule has 0 radical (unpaired) electrons. The van der Waals surface area contributed by atoms with Crippen LogP contribution in [0.4, 0.5) is 0 Å². The quantitative estimate of drug-likeness (QED) is 0.484. The van der Waals surface area contributed by atoms with Crippen LogP contribution in [0, 0.1) is 0 Å². The largest absolute Gasteiger partial charge is 0.459 e. The molecule has 0 N–H and O–H groups in total. The van der Waals surface area contributed by atoms with Gasteiger partial charge in [0, 0.05) is 12.0 Å². The number of ketones is 1. The third kappa shape index (κ3) is 6.08. The first-order valence-electron chi connectivity index (χ1n) is 4.29. The Balaban J connectivity index is 3.74. The molecule has 0 saturated carbocycles. The average Bonchev–Trinajstić information content (AvgIpc) is 2.00. The third-order valence-corrected chi connectivity index (χ3v) is 1.56. The second-order valence-corrected chi connectivity index (χ2v) is 3.24. The predicted molar refractivity (Wildman–Crippen MR) is 50.3 cm³/mol. The molecule has 0 aliphatic carbocycles. The van der Waals surface area contributed by atoms with E-state index in [0.717, 1.165) is 0 Å². The third-order valence-electron chi connectivity index (χ3n) is 1.56. The van der Waals surface area contributed by atoms with Crippen molar-refractivity contribution in [2.45, 2.75) is 39.7 Å². The molecule has 0 aliphatic heterocycles. The van der Waals surface area contributed by atoms with Crippen molar-refractivity contribution in [3.63, 3.8) is 0 Å². The average molecular weight is 184 g/mol. The number of rotatable bonds is 5. The van der Waals surface area contributed by atoms with Gasteiger partial charge in [-0.1, -0.05) is 6.58 Å². The lowest BCUT2D eigenvalue weighted by atomic mass is 10.2. The molecule has 3 heteroatoms. The molecule has 0 aromatic heterocycles. The molecule has 0 heterocycles. The number of esters is 1. The van der Waals surface area contributed by atoms with E-state index in [1.165, 1.54) is 6.92 Å². The topological polar surface area (TPSA) is 43.4 Å². The van der Waals surface area contributed by atoms with Gasteiger partial charge in [-0.2, -0.15) is 0 Å².